The fourth-order valence-corrected chi connectivity index (χ4v) is 1.01. The first-order valence-electron chi connectivity index (χ1n) is 4.34. The van der Waals surface area contributed by atoms with Crippen molar-refractivity contribution in [3.63, 3.8) is 0 Å². The SMILES string of the molecule is C=C(C)C(=O)OCC1OC1CC(F)(F)F. The van der Waals surface area contributed by atoms with Gasteiger partial charge in [-0.2, -0.15) is 13.2 Å². The second-order valence-corrected chi connectivity index (χ2v) is 3.41. The fraction of sp³-hybridized carbons (Fsp3) is 0.667. The molecule has 0 aromatic carbocycles. The summed E-state index contributed by atoms with van der Waals surface area (Å²) in [7, 11) is 0. The van der Waals surface area contributed by atoms with Gasteiger partial charge in [0.2, 0.25) is 0 Å². The van der Waals surface area contributed by atoms with Crippen molar-refractivity contribution < 1.29 is 27.4 Å². The lowest BCUT2D eigenvalue weighted by atomic mass is 10.2. The van der Waals surface area contributed by atoms with Gasteiger partial charge in [0.05, 0.1) is 12.5 Å². The van der Waals surface area contributed by atoms with Crippen LogP contribution in [0.1, 0.15) is 13.3 Å². The topological polar surface area (TPSA) is 38.8 Å². The average molecular weight is 224 g/mol. The molecule has 86 valence electrons. The molecular formula is C9H11F3O3. The van der Waals surface area contributed by atoms with Crippen LogP contribution in [0.2, 0.25) is 0 Å². The first-order chi connectivity index (χ1) is 6.79. The van der Waals surface area contributed by atoms with Gasteiger partial charge in [-0.1, -0.05) is 6.58 Å². The van der Waals surface area contributed by atoms with Gasteiger partial charge in [-0.05, 0) is 6.92 Å². The zero-order chi connectivity index (χ0) is 11.6. The highest BCUT2D eigenvalue weighted by Gasteiger charge is 2.47. The minimum Gasteiger partial charge on any atom is -0.459 e. The van der Waals surface area contributed by atoms with E-state index in [-0.39, 0.29) is 12.2 Å². The Kier molecular flexibility index (Phi) is 3.38. The summed E-state index contributed by atoms with van der Waals surface area (Å²) in [6.07, 6.45) is -6.74. The average Bonchev–Trinajstić information content (AvgIpc) is 2.75. The number of hydrogen-bond acceptors (Lipinski definition) is 3. The molecule has 1 aliphatic heterocycles. The molecule has 2 atom stereocenters. The quantitative estimate of drug-likeness (QED) is 0.415. The molecule has 0 aromatic rings. The van der Waals surface area contributed by atoms with Gasteiger partial charge in [0, 0.05) is 5.57 Å². The van der Waals surface area contributed by atoms with Gasteiger partial charge < -0.3 is 9.47 Å². The molecule has 0 saturated carbocycles. The Balaban J connectivity index is 2.17. The Hall–Kier alpha value is -1.04. The summed E-state index contributed by atoms with van der Waals surface area (Å²) in [4.78, 5) is 10.9. The second-order valence-electron chi connectivity index (χ2n) is 3.41. The number of esters is 1. The molecule has 3 nitrogen and oxygen atoms in total. The van der Waals surface area contributed by atoms with E-state index in [1.807, 2.05) is 0 Å². The van der Waals surface area contributed by atoms with E-state index in [2.05, 4.69) is 11.3 Å². The standard InChI is InChI=1S/C9H11F3O3/c1-5(2)8(13)14-4-7-6(15-7)3-9(10,11)12/h6-7H,1,3-4H2,2H3. The van der Waals surface area contributed by atoms with Gasteiger partial charge in [0.15, 0.2) is 0 Å². The summed E-state index contributed by atoms with van der Waals surface area (Å²) in [5.74, 6) is -0.615. The molecule has 0 N–H and O–H groups in total. The first-order valence-corrected chi connectivity index (χ1v) is 4.34. The van der Waals surface area contributed by atoms with E-state index in [4.69, 9.17) is 4.74 Å². The van der Waals surface area contributed by atoms with Gasteiger partial charge in [-0.3, -0.25) is 0 Å². The highest BCUT2D eigenvalue weighted by molar-refractivity contribution is 5.86. The highest BCUT2D eigenvalue weighted by Crippen LogP contribution is 2.34. The molecule has 6 heteroatoms. The Morgan fingerprint density at radius 1 is 1.47 bits per heavy atom. The third-order valence-corrected chi connectivity index (χ3v) is 1.85. The predicted molar refractivity (Wildman–Crippen MR) is 45.1 cm³/mol. The summed E-state index contributed by atoms with van der Waals surface area (Å²) in [5, 5.41) is 0. The number of epoxide rings is 1. The maximum absolute atomic E-state index is 11.8. The smallest absolute Gasteiger partial charge is 0.391 e. The highest BCUT2D eigenvalue weighted by atomic mass is 19.4. The van der Waals surface area contributed by atoms with E-state index in [1.54, 1.807) is 0 Å². The molecule has 1 heterocycles. The van der Waals surface area contributed by atoms with Crippen molar-refractivity contribution in [2.45, 2.75) is 31.7 Å². The van der Waals surface area contributed by atoms with Crippen molar-refractivity contribution in [3.05, 3.63) is 12.2 Å². The number of carbonyl (C=O) groups is 1. The summed E-state index contributed by atoms with van der Waals surface area (Å²) < 4.78 is 44.9. The van der Waals surface area contributed by atoms with Crippen LogP contribution in [0.4, 0.5) is 13.2 Å². The lowest BCUT2D eigenvalue weighted by Crippen LogP contribution is -2.16. The van der Waals surface area contributed by atoms with Crippen molar-refractivity contribution in [2.75, 3.05) is 6.61 Å². The van der Waals surface area contributed by atoms with E-state index in [1.165, 1.54) is 6.92 Å². The van der Waals surface area contributed by atoms with E-state index >= 15 is 0 Å². The van der Waals surface area contributed by atoms with Crippen LogP contribution in [0.3, 0.4) is 0 Å². The van der Waals surface area contributed by atoms with Crippen molar-refractivity contribution in [1.29, 1.82) is 0 Å². The van der Waals surface area contributed by atoms with Crippen molar-refractivity contribution in [3.8, 4) is 0 Å². The number of carbonyl (C=O) groups excluding carboxylic acids is 1. The van der Waals surface area contributed by atoms with Crippen LogP contribution in [-0.2, 0) is 14.3 Å². The van der Waals surface area contributed by atoms with Crippen LogP contribution >= 0.6 is 0 Å². The number of rotatable bonds is 4. The van der Waals surface area contributed by atoms with Crippen LogP contribution in [0, 0.1) is 0 Å². The van der Waals surface area contributed by atoms with E-state index in [0.717, 1.165) is 0 Å². The minimum atomic E-state index is -4.24. The molecule has 0 aromatic heterocycles. The summed E-state index contributed by atoms with van der Waals surface area (Å²) in [5.41, 5.74) is 0.211. The van der Waals surface area contributed by atoms with Crippen LogP contribution in [-0.4, -0.2) is 31.0 Å². The molecule has 0 spiro atoms. The van der Waals surface area contributed by atoms with Gasteiger partial charge >= 0.3 is 12.1 Å². The largest absolute Gasteiger partial charge is 0.459 e. The van der Waals surface area contributed by atoms with Gasteiger partial charge in [0.1, 0.15) is 12.7 Å². The van der Waals surface area contributed by atoms with Crippen LogP contribution in [0.5, 0.6) is 0 Å². The maximum atomic E-state index is 11.8. The Bertz CT molecular complexity index is 272. The number of alkyl halides is 3. The van der Waals surface area contributed by atoms with Gasteiger partial charge in [-0.15, -0.1) is 0 Å². The first kappa shape index (κ1) is 12.0. The molecule has 1 aliphatic rings. The Labute approximate surface area is 84.8 Å². The molecule has 0 bridgehead atoms. The van der Waals surface area contributed by atoms with Crippen molar-refractivity contribution in [2.24, 2.45) is 0 Å². The molecule has 0 amide bonds. The van der Waals surface area contributed by atoms with Crippen LogP contribution in [0.25, 0.3) is 0 Å². The van der Waals surface area contributed by atoms with Crippen molar-refractivity contribution >= 4 is 5.97 Å². The third kappa shape index (κ3) is 4.33. The summed E-state index contributed by atoms with van der Waals surface area (Å²) in [6.45, 7) is 4.65. The molecule has 1 rings (SSSR count). The lowest BCUT2D eigenvalue weighted by molar-refractivity contribution is -0.139. The molecule has 1 saturated heterocycles. The van der Waals surface area contributed by atoms with Gasteiger partial charge in [0.25, 0.3) is 0 Å². The lowest BCUT2D eigenvalue weighted by Gasteiger charge is -2.03. The Morgan fingerprint density at radius 3 is 2.53 bits per heavy atom. The third-order valence-electron chi connectivity index (χ3n) is 1.85. The fourth-order valence-electron chi connectivity index (χ4n) is 1.01. The molecule has 2 unspecified atom stereocenters. The molecule has 0 aliphatic carbocycles. The maximum Gasteiger partial charge on any atom is 0.391 e. The van der Waals surface area contributed by atoms with Crippen molar-refractivity contribution in [1.82, 2.24) is 0 Å². The minimum absolute atomic E-state index is 0.146. The van der Waals surface area contributed by atoms with E-state index in [0.29, 0.717) is 0 Å². The van der Waals surface area contributed by atoms with E-state index < -0.39 is 30.8 Å². The molecule has 15 heavy (non-hydrogen) atoms. The zero-order valence-corrected chi connectivity index (χ0v) is 8.13. The number of halogens is 3. The summed E-state index contributed by atoms with van der Waals surface area (Å²) >= 11 is 0. The van der Waals surface area contributed by atoms with Gasteiger partial charge in [-0.25, -0.2) is 4.79 Å². The molecular weight excluding hydrogens is 213 g/mol. The van der Waals surface area contributed by atoms with Crippen LogP contribution < -0.4 is 0 Å². The molecule has 1 fully saturated rings. The normalized spacial score (nSPS) is 24.8. The monoisotopic (exact) mass is 224 g/mol. The summed E-state index contributed by atoms with van der Waals surface area (Å²) in [6, 6.07) is 0. The predicted octanol–water partition coefficient (Wildman–Crippen LogP) is 1.83. The van der Waals surface area contributed by atoms with E-state index in [9.17, 15) is 18.0 Å². The molecule has 0 radical (unpaired) electrons. The zero-order valence-electron chi connectivity index (χ0n) is 8.13. The van der Waals surface area contributed by atoms with Crippen LogP contribution in [0.15, 0.2) is 12.2 Å². The Morgan fingerprint density at radius 2 is 2.07 bits per heavy atom. The number of hydrogen-bond donors (Lipinski definition) is 0. The number of ether oxygens (including phenoxy) is 2. The second kappa shape index (κ2) is 4.22.